The zero-order chi connectivity index (χ0) is 19.9. The lowest BCUT2D eigenvalue weighted by atomic mass is 9.92. The van der Waals surface area contributed by atoms with Crippen molar-refractivity contribution in [3.63, 3.8) is 0 Å². The molecule has 3 nitrogen and oxygen atoms in total. The van der Waals surface area contributed by atoms with E-state index in [9.17, 15) is 4.79 Å². The molecule has 1 aromatic heterocycles. The molecule has 0 N–H and O–H groups in total. The van der Waals surface area contributed by atoms with Crippen molar-refractivity contribution in [2.24, 2.45) is 7.05 Å². The van der Waals surface area contributed by atoms with E-state index in [4.69, 9.17) is 12.2 Å². The van der Waals surface area contributed by atoms with E-state index in [1.165, 1.54) is 33.4 Å². The molecule has 2 aromatic rings. The predicted molar refractivity (Wildman–Crippen MR) is 120 cm³/mol. The Morgan fingerprint density at radius 2 is 1.59 bits per heavy atom. The molecule has 0 aliphatic carbocycles. The minimum atomic E-state index is -0.0309. The van der Waals surface area contributed by atoms with Gasteiger partial charge in [-0.05, 0) is 58.9 Å². The van der Waals surface area contributed by atoms with Crippen LogP contribution in [0.5, 0.6) is 0 Å². The monoisotopic (exact) mass is 398 g/mol. The number of carbonyl (C=O) groups is 1. The van der Waals surface area contributed by atoms with Gasteiger partial charge in [-0.2, -0.15) is 0 Å². The van der Waals surface area contributed by atoms with Crippen molar-refractivity contribution >= 4 is 40.3 Å². The first-order valence-electron chi connectivity index (χ1n) is 9.21. The minimum absolute atomic E-state index is 0.0309. The molecule has 1 saturated heterocycles. The fraction of sp³-hybridized carbons (Fsp3) is 0.364. The number of thiocarbonyl (C=S) groups is 1. The Morgan fingerprint density at radius 1 is 1.00 bits per heavy atom. The summed E-state index contributed by atoms with van der Waals surface area (Å²) in [6.45, 7) is 8.91. The molecule has 1 fully saturated rings. The van der Waals surface area contributed by atoms with Crippen LogP contribution in [0.15, 0.2) is 35.2 Å². The summed E-state index contributed by atoms with van der Waals surface area (Å²) in [5, 5.41) is 0. The van der Waals surface area contributed by atoms with Crippen LogP contribution in [0.1, 0.15) is 56.4 Å². The van der Waals surface area contributed by atoms with Crippen molar-refractivity contribution in [2.45, 2.75) is 39.5 Å². The van der Waals surface area contributed by atoms with Crippen molar-refractivity contribution in [1.29, 1.82) is 0 Å². The van der Waals surface area contributed by atoms with Crippen LogP contribution in [0, 0.1) is 0 Å². The number of carbonyl (C=O) groups excluding carboxylic acids is 1. The summed E-state index contributed by atoms with van der Waals surface area (Å²) in [6, 6.07) is 11.1. The summed E-state index contributed by atoms with van der Waals surface area (Å²) < 4.78 is 2.75. The number of hydrogen-bond donors (Lipinski definition) is 0. The molecule has 1 aliphatic heterocycles. The van der Waals surface area contributed by atoms with Gasteiger partial charge in [0.1, 0.15) is 4.32 Å². The summed E-state index contributed by atoms with van der Waals surface area (Å²) in [5.41, 5.74) is 6.07. The molecule has 1 aromatic carbocycles. The number of nitrogens with zero attached hydrogens (tertiary/aromatic N) is 2. The van der Waals surface area contributed by atoms with Crippen LogP contribution in [-0.4, -0.2) is 26.7 Å². The standard InChI is InChI=1S/C22H26N2OS2/c1-13(2)15-9-16(14(3)4)11-17(10-15)19-8-7-18(23(19)5)12-20-21(25)24(6)22(26)27-20/h7-14H,1-6H3/b20-12+. The third-order valence-electron chi connectivity index (χ3n) is 5.03. The quantitative estimate of drug-likeness (QED) is 0.483. The van der Waals surface area contributed by atoms with Crippen LogP contribution in [-0.2, 0) is 11.8 Å². The number of aromatic nitrogens is 1. The van der Waals surface area contributed by atoms with Crippen LogP contribution in [0.4, 0.5) is 0 Å². The largest absolute Gasteiger partial charge is 0.344 e. The molecule has 0 unspecified atom stereocenters. The average molecular weight is 399 g/mol. The second-order valence-corrected chi connectivity index (χ2v) is 9.32. The van der Waals surface area contributed by atoms with Gasteiger partial charge in [-0.1, -0.05) is 57.7 Å². The molecule has 2 heterocycles. The van der Waals surface area contributed by atoms with E-state index in [0.29, 0.717) is 21.1 Å². The topological polar surface area (TPSA) is 25.2 Å². The number of likely N-dealkylation sites (N-methyl/N-ethyl adjacent to an activating group) is 1. The highest BCUT2D eigenvalue weighted by atomic mass is 32.2. The Kier molecular flexibility index (Phi) is 5.63. The summed E-state index contributed by atoms with van der Waals surface area (Å²) in [7, 11) is 3.77. The van der Waals surface area contributed by atoms with Crippen LogP contribution in [0.2, 0.25) is 0 Å². The van der Waals surface area contributed by atoms with Crippen molar-refractivity contribution in [2.75, 3.05) is 7.05 Å². The Bertz CT molecular complexity index is 912. The molecule has 142 valence electrons. The fourth-order valence-electron chi connectivity index (χ4n) is 3.13. The van der Waals surface area contributed by atoms with Gasteiger partial charge >= 0.3 is 0 Å². The number of thioether (sulfide) groups is 1. The van der Waals surface area contributed by atoms with Gasteiger partial charge in [0.2, 0.25) is 0 Å². The maximum absolute atomic E-state index is 12.3. The second kappa shape index (κ2) is 7.64. The molecule has 1 aliphatic rings. The highest BCUT2D eigenvalue weighted by molar-refractivity contribution is 8.26. The molecule has 5 heteroatoms. The highest BCUT2D eigenvalue weighted by Gasteiger charge is 2.29. The first kappa shape index (κ1) is 19.9. The molecule has 3 rings (SSSR count). The van der Waals surface area contributed by atoms with E-state index in [1.807, 2.05) is 13.1 Å². The first-order chi connectivity index (χ1) is 12.7. The summed E-state index contributed by atoms with van der Waals surface area (Å²) in [5.74, 6) is 0.929. The normalized spacial score (nSPS) is 16.4. The van der Waals surface area contributed by atoms with Crippen molar-refractivity contribution in [3.8, 4) is 11.3 Å². The molecule has 0 radical (unpaired) electrons. The summed E-state index contributed by atoms with van der Waals surface area (Å²) in [4.78, 5) is 14.5. The van der Waals surface area contributed by atoms with E-state index in [0.717, 1.165) is 11.4 Å². The molecule has 0 bridgehead atoms. The lowest BCUT2D eigenvalue weighted by Gasteiger charge is -2.15. The molecular weight excluding hydrogens is 372 g/mol. The smallest absolute Gasteiger partial charge is 0.265 e. The molecule has 0 atom stereocenters. The molecule has 27 heavy (non-hydrogen) atoms. The molecule has 1 amide bonds. The summed E-state index contributed by atoms with van der Waals surface area (Å²) >= 11 is 6.58. The van der Waals surface area contributed by atoms with Gasteiger partial charge in [0.15, 0.2) is 0 Å². The number of amides is 1. The zero-order valence-electron chi connectivity index (χ0n) is 16.7. The average Bonchev–Trinajstić information content (AvgIpc) is 3.10. The van der Waals surface area contributed by atoms with E-state index in [2.05, 4.69) is 62.6 Å². The Hall–Kier alpha value is -1.85. The van der Waals surface area contributed by atoms with Crippen LogP contribution >= 0.6 is 24.0 Å². The lowest BCUT2D eigenvalue weighted by Crippen LogP contribution is -2.22. The lowest BCUT2D eigenvalue weighted by molar-refractivity contribution is -0.121. The Morgan fingerprint density at radius 3 is 2.07 bits per heavy atom. The Balaban J connectivity index is 2.03. The van der Waals surface area contributed by atoms with Crippen molar-refractivity contribution in [1.82, 2.24) is 9.47 Å². The maximum Gasteiger partial charge on any atom is 0.265 e. The van der Waals surface area contributed by atoms with Crippen LogP contribution in [0.25, 0.3) is 17.3 Å². The predicted octanol–water partition coefficient (Wildman–Crippen LogP) is 5.77. The van der Waals surface area contributed by atoms with E-state index in [1.54, 1.807) is 7.05 Å². The van der Waals surface area contributed by atoms with Gasteiger partial charge in [-0.25, -0.2) is 0 Å². The minimum Gasteiger partial charge on any atom is -0.344 e. The van der Waals surface area contributed by atoms with Gasteiger partial charge in [0.05, 0.1) is 4.91 Å². The van der Waals surface area contributed by atoms with Crippen LogP contribution < -0.4 is 0 Å². The number of rotatable bonds is 4. The van der Waals surface area contributed by atoms with Gasteiger partial charge in [0, 0.05) is 25.5 Å². The van der Waals surface area contributed by atoms with Gasteiger partial charge in [-0.15, -0.1) is 0 Å². The SMILES string of the molecule is CC(C)c1cc(-c2ccc(/C=C3/SC(=S)N(C)C3=O)n2C)cc(C(C)C)c1. The first-order valence-corrected chi connectivity index (χ1v) is 10.4. The summed E-state index contributed by atoms with van der Waals surface area (Å²) in [6.07, 6.45) is 1.93. The third-order valence-corrected chi connectivity index (χ3v) is 6.52. The van der Waals surface area contributed by atoms with Gasteiger partial charge in [-0.3, -0.25) is 9.69 Å². The number of benzene rings is 1. The van der Waals surface area contributed by atoms with Crippen LogP contribution in [0.3, 0.4) is 0 Å². The highest BCUT2D eigenvalue weighted by Crippen LogP contribution is 2.33. The molecular formula is C22H26N2OS2. The van der Waals surface area contributed by atoms with E-state index in [-0.39, 0.29) is 5.91 Å². The third kappa shape index (κ3) is 3.90. The van der Waals surface area contributed by atoms with E-state index >= 15 is 0 Å². The second-order valence-electron chi connectivity index (χ2n) is 7.64. The maximum atomic E-state index is 12.3. The van der Waals surface area contributed by atoms with Gasteiger partial charge in [0.25, 0.3) is 5.91 Å². The molecule has 0 saturated carbocycles. The van der Waals surface area contributed by atoms with Crippen molar-refractivity contribution < 1.29 is 4.79 Å². The van der Waals surface area contributed by atoms with Gasteiger partial charge < -0.3 is 4.57 Å². The van der Waals surface area contributed by atoms with Crippen molar-refractivity contribution in [3.05, 3.63) is 52.1 Å². The zero-order valence-corrected chi connectivity index (χ0v) is 18.4. The molecule has 0 spiro atoms. The van der Waals surface area contributed by atoms with E-state index < -0.39 is 0 Å². The Labute approximate surface area is 171 Å². The fourth-order valence-corrected chi connectivity index (χ4v) is 4.30. The number of hydrogen-bond acceptors (Lipinski definition) is 3.